The molecule has 1 aromatic rings. The third-order valence-corrected chi connectivity index (χ3v) is 4.73. The highest BCUT2D eigenvalue weighted by Crippen LogP contribution is 2.30. The molecule has 120 valence electrons. The Morgan fingerprint density at radius 3 is 2.59 bits per heavy atom. The number of hydrogen-bond acceptors (Lipinski definition) is 2. The maximum absolute atomic E-state index is 12.1. The SMILES string of the molecule is Cc1c(C(=O)O)ccc(Cl)c1NC(=O)CCC1CCCCC1. The number of halogens is 1. The number of nitrogens with one attached hydrogen (secondary N) is 1. The quantitative estimate of drug-likeness (QED) is 0.829. The van der Waals surface area contributed by atoms with Crippen LogP contribution in [0.1, 0.15) is 60.9 Å². The van der Waals surface area contributed by atoms with Gasteiger partial charge >= 0.3 is 5.97 Å². The van der Waals surface area contributed by atoms with Gasteiger partial charge in [-0.05, 0) is 37.0 Å². The second-order valence-corrected chi connectivity index (χ2v) is 6.40. The van der Waals surface area contributed by atoms with Crippen molar-refractivity contribution in [2.75, 3.05) is 5.32 Å². The predicted octanol–water partition coefficient (Wildman–Crippen LogP) is 4.65. The van der Waals surface area contributed by atoms with E-state index in [2.05, 4.69) is 5.32 Å². The number of carboxylic acid groups (broad SMARTS) is 1. The molecule has 1 amide bonds. The molecule has 0 heterocycles. The number of benzene rings is 1. The van der Waals surface area contributed by atoms with E-state index in [1.165, 1.54) is 44.2 Å². The lowest BCUT2D eigenvalue weighted by Gasteiger charge is -2.21. The zero-order valence-electron chi connectivity index (χ0n) is 12.8. The summed E-state index contributed by atoms with van der Waals surface area (Å²) in [7, 11) is 0. The fourth-order valence-electron chi connectivity index (χ4n) is 3.08. The first-order valence-corrected chi connectivity index (χ1v) is 8.19. The van der Waals surface area contributed by atoms with Crippen molar-refractivity contribution in [3.63, 3.8) is 0 Å². The van der Waals surface area contributed by atoms with Gasteiger partial charge in [-0.2, -0.15) is 0 Å². The van der Waals surface area contributed by atoms with Gasteiger partial charge in [-0.15, -0.1) is 0 Å². The minimum absolute atomic E-state index is 0.0990. The predicted molar refractivity (Wildman–Crippen MR) is 87.6 cm³/mol. The lowest BCUT2D eigenvalue weighted by molar-refractivity contribution is -0.116. The number of carboxylic acids is 1. The molecule has 5 heteroatoms. The number of aromatic carboxylic acids is 1. The number of hydrogen-bond donors (Lipinski definition) is 2. The molecule has 0 bridgehead atoms. The molecule has 0 aromatic heterocycles. The molecule has 0 spiro atoms. The molecule has 0 atom stereocenters. The second kappa shape index (κ2) is 7.63. The molecule has 1 aromatic carbocycles. The third-order valence-electron chi connectivity index (χ3n) is 4.41. The molecule has 1 aliphatic carbocycles. The molecule has 0 unspecified atom stereocenters. The number of rotatable bonds is 5. The number of carbonyl (C=O) groups is 2. The van der Waals surface area contributed by atoms with Crippen molar-refractivity contribution >= 4 is 29.2 Å². The summed E-state index contributed by atoms with van der Waals surface area (Å²) >= 11 is 6.09. The Balaban J connectivity index is 1.98. The smallest absolute Gasteiger partial charge is 0.336 e. The largest absolute Gasteiger partial charge is 0.478 e. The third kappa shape index (κ3) is 4.23. The van der Waals surface area contributed by atoms with Crippen LogP contribution in [0.15, 0.2) is 12.1 Å². The van der Waals surface area contributed by atoms with Crippen molar-refractivity contribution in [1.82, 2.24) is 0 Å². The van der Waals surface area contributed by atoms with Gasteiger partial charge in [-0.25, -0.2) is 4.79 Å². The van der Waals surface area contributed by atoms with Crippen LogP contribution in [0, 0.1) is 12.8 Å². The molecule has 22 heavy (non-hydrogen) atoms. The van der Waals surface area contributed by atoms with Gasteiger partial charge in [-0.3, -0.25) is 4.79 Å². The molecule has 4 nitrogen and oxygen atoms in total. The van der Waals surface area contributed by atoms with Crippen LogP contribution in [0.4, 0.5) is 5.69 Å². The first kappa shape index (κ1) is 16.8. The van der Waals surface area contributed by atoms with E-state index < -0.39 is 5.97 Å². The normalized spacial score (nSPS) is 15.5. The fraction of sp³-hybridized carbons (Fsp3) is 0.529. The van der Waals surface area contributed by atoms with Crippen molar-refractivity contribution in [3.8, 4) is 0 Å². The minimum atomic E-state index is -1.02. The summed E-state index contributed by atoms with van der Waals surface area (Å²) < 4.78 is 0. The molecule has 2 N–H and O–H groups in total. The van der Waals surface area contributed by atoms with Crippen molar-refractivity contribution in [2.45, 2.75) is 51.9 Å². The first-order valence-electron chi connectivity index (χ1n) is 7.81. The summed E-state index contributed by atoms with van der Waals surface area (Å²) in [5.41, 5.74) is 1.06. The van der Waals surface area contributed by atoms with Gasteiger partial charge < -0.3 is 10.4 Å². The standard InChI is InChI=1S/C17H22ClNO3/c1-11-13(17(21)22)8-9-14(18)16(11)19-15(20)10-7-12-5-3-2-4-6-12/h8-9,12H,2-7,10H2,1H3,(H,19,20)(H,21,22). The van der Waals surface area contributed by atoms with Crippen LogP contribution in [0.25, 0.3) is 0 Å². The van der Waals surface area contributed by atoms with Crippen LogP contribution in [0.2, 0.25) is 5.02 Å². The Bertz CT molecular complexity index is 565. The van der Waals surface area contributed by atoms with E-state index in [-0.39, 0.29) is 11.5 Å². The summed E-state index contributed by atoms with van der Waals surface area (Å²) in [5, 5.41) is 12.3. The van der Waals surface area contributed by atoms with E-state index in [1.807, 2.05) is 0 Å². The van der Waals surface area contributed by atoms with Gasteiger partial charge in [0, 0.05) is 6.42 Å². The Labute approximate surface area is 135 Å². The molecule has 0 radical (unpaired) electrons. The topological polar surface area (TPSA) is 66.4 Å². The van der Waals surface area contributed by atoms with E-state index in [4.69, 9.17) is 16.7 Å². The molecule has 1 saturated carbocycles. The van der Waals surface area contributed by atoms with Gasteiger partial charge in [0.15, 0.2) is 0 Å². The minimum Gasteiger partial charge on any atom is -0.478 e. The molecular formula is C17H22ClNO3. The van der Waals surface area contributed by atoms with E-state index in [0.29, 0.717) is 28.6 Å². The lowest BCUT2D eigenvalue weighted by Crippen LogP contribution is -2.16. The Morgan fingerprint density at radius 1 is 1.27 bits per heavy atom. The monoisotopic (exact) mass is 323 g/mol. The average Bonchev–Trinajstić information content (AvgIpc) is 2.50. The number of anilines is 1. The van der Waals surface area contributed by atoms with Gasteiger partial charge in [-0.1, -0.05) is 43.7 Å². The summed E-state index contributed by atoms with van der Waals surface area (Å²) in [4.78, 5) is 23.3. The summed E-state index contributed by atoms with van der Waals surface area (Å²) in [5.74, 6) is -0.480. The molecule has 1 aliphatic rings. The first-order chi connectivity index (χ1) is 10.5. The lowest BCUT2D eigenvalue weighted by atomic mass is 9.86. The van der Waals surface area contributed by atoms with Gasteiger partial charge in [0.25, 0.3) is 0 Å². The van der Waals surface area contributed by atoms with Crippen molar-refractivity contribution in [1.29, 1.82) is 0 Å². The van der Waals surface area contributed by atoms with E-state index >= 15 is 0 Å². The van der Waals surface area contributed by atoms with Crippen molar-refractivity contribution in [3.05, 3.63) is 28.3 Å². The maximum Gasteiger partial charge on any atom is 0.336 e. The highest BCUT2D eigenvalue weighted by Gasteiger charge is 2.18. The van der Waals surface area contributed by atoms with Crippen LogP contribution < -0.4 is 5.32 Å². The summed E-state index contributed by atoms with van der Waals surface area (Å²) in [6.45, 7) is 1.66. The van der Waals surface area contributed by atoms with Gasteiger partial charge in [0.05, 0.1) is 16.3 Å². The average molecular weight is 324 g/mol. The van der Waals surface area contributed by atoms with E-state index in [0.717, 1.165) is 6.42 Å². The van der Waals surface area contributed by atoms with Crippen LogP contribution in [-0.4, -0.2) is 17.0 Å². The molecule has 2 rings (SSSR count). The van der Waals surface area contributed by atoms with Crippen LogP contribution in [-0.2, 0) is 4.79 Å². The molecule has 0 aliphatic heterocycles. The molecular weight excluding hydrogens is 302 g/mol. The van der Waals surface area contributed by atoms with Crippen molar-refractivity contribution < 1.29 is 14.7 Å². The second-order valence-electron chi connectivity index (χ2n) is 5.99. The van der Waals surface area contributed by atoms with Gasteiger partial charge in [0.1, 0.15) is 0 Å². The number of amides is 1. The maximum atomic E-state index is 12.1. The Hall–Kier alpha value is -1.55. The van der Waals surface area contributed by atoms with Crippen molar-refractivity contribution in [2.24, 2.45) is 5.92 Å². The van der Waals surface area contributed by atoms with Gasteiger partial charge in [0.2, 0.25) is 5.91 Å². The van der Waals surface area contributed by atoms with E-state index in [1.54, 1.807) is 6.92 Å². The Morgan fingerprint density at radius 2 is 1.95 bits per heavy atom. The molecule has 0 saturated heterocycles. The fourth-order valence-corrected chi connectivity index (χ4v) is 3.33. The van der Waals surface area contributed by atoms with E-state index in [9.17, 15) is 9.59 Å². The Kier molecular flexibility index (Phi) is 5.83. The van der Waals surface area contributed by atoms with Crippen LogP contribution in [0.3, 0.4) is 0 Å². The zero-order valence-corrected chi connectivity index (χ0v) is 13.6. The van der Waals surface area contributed by atoms with Crippen LogP contribution >= 0.6 is 11.6 Å². The van der Waals surface area contributed by atoms with Crippen LogP contribution in [0.5, 0.6) is 0 Å². The summed E-state index contributed by atoms with van der Waals surface area (Å²) in [6.07, 6.45) is 7.59. The zero-order chi connectivity index (χ0) is 16.1. The molecule has 1 fully saturated rings. The highest BCUT2D eigenvalue weighted by atomic mass is 35.5. The number of carbonyl (C=O) groups excluding carboxylic acids is 1. The highest BCUT2D eigenvalue weighted by molar-refractivity contribution is 6.34. The summed E-state index contributed by atoms with van der Waals surface area (Å²) in [6, 6.07) is 2.96.